The van der Waals surface area contributed by atoms with E-state index in [1.54, 1.807) is 38.4 Å². The van der Waals surface area contributed by atoms with Crippen LogP contribution in [0.15, 0.2) is 54.6 Å². The number of benzene rings is 2. The molecule has 2 aromatic rings. The van der Waals surface area contributed by atoms with Crippen molar-refractivity contribution in [3.8, 4) is 5.75 Å². The molecule has 7 heteroatoms. The Bertz CT molecular complexity index is 790. The lowest BCUT2D eigenvalue weighted by atomic mass is 10.2. The van der Waals surface area contributed by atoms with Crippen LogP contribution in [0.25, 0.3) is 0 Å². The number of hydrogen-bond donors (Lipinski definition) is 1. The largest absolute Gasteiger partial charge is 0.488 e. The quantitative estimate of drug-likeness (QED) is 0.714. The molecule has 2 amide bonds. The Kier molecular flexibility index (Phi) is 7.37. The van der Waals surface area contributed by atoms with Crippen molar-refractivity contribution in [3.05, 3.63) is 65.7 Å². The van der Waals surface area contributed by atoms with Gasteiger partial charge in [0, 0.05) is 14.1 Å². The molecule has 1 N–H and O–H groups in total. The highest BCUT2D eigenvalue weighted by atomic mass is 16.5. The summed E-state index contributed by atoms with van der Waals surface area (Å²) < 4.78 is 10.7. The molecule has 0 spiro atoms. The Morgan fingerprint density at radius 2 is 1.63 bits per heavy atom. The molecule has 0 heterocycles. The first-order chi connectivity index (χ1) is 13.0. The summed E-state index contributed by atoms with van der Waals surface area (Å²) in [6.45, 7) is -0.328. The predicted molar refractivity (Wildman–Crippen MR) is 99.2 cm³/mol. The van der Waals surface area contributed by atoms with Crippen molar-refractivity contribution in [3.63, 3.8) is 0 Å². The zero-order valence-electron chi connectivity index (χ0n) is 15.3. The van der Waals surface area contributed by atoms with Gasteiger partial charge >= 0.3 is 5.97 Å². The van der Waals surface area contributed by atoms with Gasteiger partial charge in [0.25, 0.3) is 5.91 Å². The molecule has 0 radical (unpaired) electrons. The summed E-state index contributed by atoms with van der Waals surface area (Å²) in [6, 6.07) is 16.2. The maximum atomic E-state index is 12.3. The number of ether oxygens (including phenoxy) is 2. The number of carbonyl (C=O) groups is 3. The van der Waals surface area contributed by atoms with Crippen LogP contribution in [0.4, 0.5) is 0 Å². The summed E-state index contributed by atoms with van der Waals surface area (Å²) in [5, 5.41) is 2.39. The molecule has 7 nitrogen and oxygen atoms in total. The minimum Gasteiger partial charge on any atom is -0.488 e. The van der Waals surface area contributed by atoms with E-state index < -0.39 is 18.5 Å². The molecule has 0 aliphatic rings. The summed E-state index contributed by atoms with van der Waals surface area (Å²) in [5.74, 6) is -1.11. The fourth-order valence-electron chi connectivity index (χ4n) is 2.09. The van der Waals surface area contributed by atoms with Gasteiger partial charge in [-0.15, -0.1) is 0 Å². The number of nitrogens with zero attached hydrogens (tertiary/aromatic N) is 1. The molecule has 0 bridgehead atoms. The number of amides is 2. The third-order valence-electron chi connectivity index (χ3n) is 3.61. The van der Waals surface area contributed by atoms with Gasteiger partial charge in [-0.3, -0.25) is 9.59 Å². The molecule has 0 saturated heterocycles. The van der Waals surface area contributed by atoms with Crippen LogP contribution in [0, 0.1) is 0 Å². The monoisotopic (exact) mass is 370 g/mol. The van der Waals surface area contributed by atoms with E-state index in [-0.39, 0.29) is 18.0 Å². The van der Waals surface area contributed by atoms with E-state index in [1.807, 2.05) is 30.3 Å². The first-order valence-electron chi connectivity index (χ1n) is 8.37. The van der Waals surface area contributed by atoms with Gasteiger partial charge in [-0.2, -0.15) is 0 Å². The Morgan fingerprint density at radius 1 is 0.963 bits per heavy atom. The smallest absolute Gasteiger partial charge is 0.342 e. The number of carbonyl (C=O) groups excluding carboxylic acids is 3. The lowest BCUT2D eigenvalue weighted by Crippen LogP contribution is -2.38. The number of para-hydroxylation sites is 1. The minimum absolute atomic E-state index is 0.153. The van der Waals surface area contributed by atoms with Crippen LogP contribution in [-0.2, 0) is 20.9 Å². The van der Waals surface area contributed by atoms with E-state index in [0.717, 1.165) is 5.56 Å². The summed E-state index contributed by atoms with van der Waals surface area (Å²) in [6.07, 6.45) is 0. The van der Waals surface area contributed by atoms with Gasteiger partial charge in [0.15, 0.2) is 6.61 Å². The molecular weight excluding hydrogens is 348 g/mol. The highest BCUT2D eigenvalue weighted by molar-refractivity contribution is 5.94. The lowest BCUT2D eigenvalue weighted by Gasteiger charge is -2.12. The molecule has 0 unspecified atom stereocenters. The molecule has 0 fully saturated rings. The second-order valence-corrected chi connectivity index (χ2v) is 5.91. The van der Waals surface area contributed by atoms with E-state index in [9.17, 15) is 14.4 Å². The topological polar surface area (TPSA) is 84.9 Å². The van der Waals surface area contributed by atoms with E-state index in [1.165, 1.54) is 4.90 Å². The average molecular weight is 370 g/mol. The number of esters is 1. The second kappa shape index (κ2) is 9.96. The first-order valence-corrected chi connectivity index (χ1v) is 8.37. The van der Waals surface area contributed by atoms with Crippen molar-refractivity contribution in [2.24, 2.45) is 0 Å². The normalized spacial score (nSPS) is 10.0. The summed E-state index contributed by atoms with van der Waals surface area (Å²) in [5.41, 5.74) is 1.19. The second-order valence-electron chi connectivity index (χ2n) is 5.91. The van der Waals surface area contributed by atoms with Crippen LogP contribution < -0.4 is 10.1 Å². The number of rotatable bonds is 8. The van der Waals surface area contributed by atoms with Gasteiger partial charge < -0.3 is 19.7 Å². The zero-order chi connectivity index (χ0) is 19.6. The van der Waals surface area contributed by atoms with Gasteiger partial charge in [0.2, 0.25) is 5.91 Å². The highest BCUT2D eigenvalue weighted by Gasteiger charge is 2.16. The molecule has 0 aliphatic carbocycles. The van der Waals surface area contributed by atoms with E-state index in [0.29, 0.717) is 12.4 Å². The first kappa shape index (κ1) is 20.0. The third-order valence-corrected chi connectivity index (χ3v) is 3.61. The molecule has 27 heavy (non-hydrogen) atoms. The Morgan fingerprint density at radius 3 is 2.33 bits per heavy atom. The van der Waals surface area contributed by atoms with Crippen molar-refractivity contribution in [1.82, 2.24) is 10.2 Å². The Hall–Kier alpha value is -3.35. The third kappa shape index (κ3) is 6.47. The minimum atomic E-state index is -0.673. The van der Waals surface area contributed by atoms with Crippen LogP contribution in [0.1, 0.15) is 15.9 Å². The molecule has 0 saturated carbocycles. The molecule has 0 aromatic heterocycles. The van der Waals surface area contributed by atoms with Crippen molar-refractivity contribution in [2.45, 2.75) is 6.61 Å². The van der Waals surface area contributed by atoms with E-state index in [2.05, 4.69) is 5.32 Å². The van der Waals surface area contributed by atoms with Gasteiger partial charge in [0.05, 0.1) is 6.54 Å². The molecular formula is C20H22N2O5. The maximum Gasteiger partial charge on any atom is 0.342 e. The Labute approximate surface area is 157 Å². The summed E-state index contributed by atoms with van der Waals surface area (Å²) >= 11 is 0. The van der Waals surface area contributed by atoms with Gasteiger partial charge in [-0.1, -0.05) is 42.5 Å². The SMILES string of the molecule is CN(C)C(=O)CNC(=O)COC(=O)c1ccccc1OCc1ccccc1. The molecule has 0 aliphatic heterocycles. The van der Waals surface area contributed by atoms with Gasteiger partial charge in [0.1, 0.15) is 17.9 Å². The fourth-order valence-corrected chi connectivity index (χ4v) is 2.09. The van der Waals surface area contributed by atoms with Crippen LogP contribution in [0.2, 0.25) is 0 Å². The van der Waals surface area contributed by atoms with Crippen LogP contribution >= 0.6 is 0 Å². The number of nitrogens with one attached hydrogen (secondary N) is 1. The Balaban J connectivity index is 1.88. The predicted octanol–water partition coefficient (Wildman–Crippen LogP) is 1.63. The van der Waals surface area contributed by atoms with E-state index in [4.69, 9.17) is 9.47 Å². The van der Waals surface area contributed by atoms with Crippen molar-refractivity contribution < 1.29 is 23.9 Å². The average Bonchev–Trinajstić information content (AvgIpc) is 2.69. The molecule has 2 aromatic carbocycles. The van der Waals surface area contributed by atoms with Crippen molar-refractivity contribution in [1.29, 1.82) is 0 Å². The highest BCUT2D eigenvalue weighted by Crippen LogP contribution is 2.20. The van der Waals surface area contributed by atoms with Crippen molar-refractivity contribution in [2.75, 3.05) is 27.2 Å². The van der Waals surface area contributed by atoms with Crippen molar-refractivity contribution >= 4 is 17.8 Å². The van der Waals surface area contributed by atoms with Gasteiger partial charge in [-0.25, -0.2) is 4.79 Å². The molecule has 142 valence electrons. The van der Waals surface area contributed by atoms with Gasteiger partial charge in [-0.05, 0) is 17.7 Å². The summed E-state index contributed by atoms with van der Waals surface area (Å²) in [7, 11) is 3.17. The molecule has 2 rings (SSSR count). The standard InChI is InChI=1S/C20H22N2O5/c1-22(2)19(24)12-21-18(23)14-27-20(25)16-10-6-7-11-17(16)26-13-15-8-4-3-5-9-15/h3-11H,12-14H2,1-2H3,(H,21,23). The molecule has 0 atom stereocenters. The number of likely N-dealkylation sites (N-methyl/N-ethyl adjacent to an activating group) is 1. The van der Waals surface area contributed by atoms with Crippen LogP contribution in [0.5, 0.6) is 5.75 Å². The number of hydrogen-bond acceptors (Lipinski definition) is 5. The van der Waals surface area contributed by atoms with Crippen LogP contribution in [-0.4, -0.2) is 49.9 Å². The maximum absolute atomic E-state index is 12.3. The zero-order valence-corrected chi connectivity index (χ0v) is 15.3. The fraction of sp³-hybridized carbons (Fsp3) is 0.250. The van der Waals surface area contributed by atoms with E-state index >= 15 is 0 Å². The lowest BCUT2D eigenvalue weighted by molar-refractivity contribution is -0.131. The van der Waals surface area contributed by atoms with Crippen LogP contribution in [0.3, 0.4) is 0 Å². The summed E-state index contributed by atoms with van der Waals surface area (Å²) in [4.78, 5) is 36.8.